The van der Waals surface area contributed by atoms with Crippen LogP contribution in [0, 0.1) is 0 Å². The fourth-order valence-electron chi connectivity index (χ4n) is 2.86. The van der Waals surface area contributed by atoms with Crippen molar-refractivity contribution in [3.05, 3.63) is 84.1 Å². The number of hydrogen-bond acceptors (Lipinski definition) is 4. The van der Waals surface area contributed by atoms with Crippen LogP contribution < -0.4 is 10.6 Å². The summed E-state index contributed by atoms with van der Waals surface area (Å²) in [7, 11) is 0. The third-order valence-electron chi connectivity index (χ3n) is 4.21. The number of aromatic nitrogens is 2. The number of carbonyl (C=O) groups is 2. The number of anilines is 1. The van der Waals surface area contributed by atoms with Crippen LogP contribution in [0.5, 0.6) is 0 Å². The first-order valence-electron chi connectivity index (χ1n) is 8.86. The molecule has 0 atom stereocenters. The number of rotatable bonds is 6. The Morgan fingerprint density at radius 1 is 1.00 bits per heavy atom. The highest BCUT2D eigenvalue weighted by molar-refractivity contribution is 6.03. The number of para-hydroxylation sites is 2. The van der Waals surface area contributed by atoms with Gasteiger partial charge in [-0.2, -0.15) is 0 Å². The quantitative estimate of drug-likeness (QED) is 0.482. The van der Waals surface area contributed by atoms with Gasteiger partial charge >= 0.3 is 0 Å². The van der Waals surface area contributed by atoms with Gasteiger partial charge in [-0.3, -0.25) is 9.59 Å². The molecule has 140 valence electrons. The number of carbonyl (C=O) groups excluding carboxylic acids is 2. The second-order valence-electron chi connectivity index (χ2n) is 6.22. The van der Waals surface area contributed by atoms with Gasteiger partial charge in [0.2, 0.25) is 0 Å². The number of nitrogens with one attached hydrogen (secondary N) is 3. The van der Waals surface area contributed by atoms with Crippen molar-refractivity contribution >= 4 is 28.5 Å². The van der Waals surface area contributed by atoms with E-state index in [0.29, 0.717) is 24.2 Å². The van der Waals surface area contributed by atoms with E-state index in [4.69, 9.17) is 4.42 Å². The molecule has 0 radical (unpaired) electrons. The molecule has 0 saturated heterocycles. The second kappa shape index (κ2) is 7.79. The largest absolute Gasteiger partial charge is 0.459 e. The molecule has 0 spiro atoms. The monoisotopic (exact) mass is 374 g/mol. The van der Waals surface area contributed by atoms with Gasteiger partial charge in [0.15, 0.2) is 5.76 Å². The third kappa shape index (κ3) is 3.93. The van der Waals surface area contributed by atoms with Gasteiger partial charge in [0.25, 0.3) is 11.8 Å². The number of amides is 2. The summed E-state index contributed by atoms with van der Waals surface area (Å²) in [5, 5.41) is 5.58. The molecule has 2 aromatic carbocycles. The highest BCUT2D eigenvalue weighted by atomic mass is 16.3. The van der Waals surface area contributed by atoms with Crippen molar-refractivity contribution in [2.75, 3.05) is 11.9 Å². The number of hydrogen-bond donors (Lipinski definition) is 3. The molecule has 0 bridgehead atoms. The van der Waals surface area contributed by atoms with Crippen molar-refractivity contribution in [1.29, 1.82) is 0 Å². The van der Waals surface area contributed by atoms with Gasteiger partial charge in [-0.1, -0.05) is 18.2 Å². The molecule has 0 aliphatic carbocycles. The Labute approximate surface area is 160 Å². The van der Waals surface area contributed by atoms with Crippen LogP contribution in [-0.4, -0.2) is 28.3 Å². The molecule has 0 aliphatic rings. The first-order chi connectivity index (χ1) is 13.7. The fraction of sp³-hybridized carbons (Fsp3) is 0.0952. The smallest absolute Gasteiger partial charge is 0.291 e. The molecule has 7 heteroatoms. The van der Waals surface area contributed by atoms with Crippen molar-refractivity contribution in [3.8, 4) is 0 Å². The van der Waals surface area contributed by atoms with E-state index in [1.54, 1.807) is 36.4 Å². The summed E-state index contributed by atoms with van der Waals surface area (Å²) in [6.45, 7) is 0.446. The first-order valence-corrected chi connectivity index (χ1v) is 8.86. The predicted molar refractivity (Wildman–Crippen MR) is 105 cm³/mol. The minimum atomic E-state index is -0.368. The topological polar surface area (TPSA) is 100 Å². The molecule has 7 nitrogen and oxygen atoms in total. The van der Waals surface area contributed by atoms with Gasteiger partial charge in [0.05, 0.1) is 17.3 Å². The molecular formula is C21H18N4O3. The summed E-state index contributed by atoms with van der Waals surface area (Å²) in [5.74, 6) is 0.444. The van der Waals surface area contributed by atoms with Crippen LogP contribution in [-0.2, 0) is 6.42 Å². The average molecular weight is 374 g/mol. The first kappa shape index (κ1) is 17.5. The summed E-state index contributed by atoms with van der Waals surface area (Å²) in [6, 6.07) is 17.7. The Balaban J connectivity index is 1.34. The van der Waals surface area contributed by atoms with Crippen molar-refractivity contribution < 1.29 is 14.0 Å². The van der Waals surface area contributed by atoms with E-state index in [2.05, 4.69) is 20.6 Å². The van der Waals surface area contributed by atoms with E-state index < -0.39 is 0 Å². The minimum Gasteiger partial charge on any atom is -0.459 e. The summed E-state index contributed by atoms with van der Waals surface area (Å²) < 4.78 is 5.06. The summed E-state index contributed by atoms with van der Waals surface area (Å²) in [6.07, 6.45) is 2.02. The van der Waals surface area contributed by atoms with Gasteiger partial charge in [0, 0.05) is 24.2 Å². The SMILES string of the molecule is O=C(NCCc1nc2ccccc2[nH]1)c1cccc(NC(=O)c2ccco2)c1. The molecule has 3 N–H and O–H groups in total. The van der Waals surface area contributed by atoms with Gasteiger partial charge in [0.1, 0.15) is 5.82 Å². The molecule has 2 heterocycles. The maximum Gasteiger partial charge on any atom is 0.291 e. The highest BCUT2D eigenvalue weighted by Crippen LogP contribution is 2.13. The molecule has 2 aromatic heterocycles. The molecule has 0 fully saturated rings. The Hall–Kier alpha value is -3.87. The summed E-state index contributed by atoms with van der Waals surface area (Å²) in [5.41, 5.74) is 2.86. The van der Waals surface area contributed by atoms with E-state index >= 15 is 0 Å². The summed E-state index contributed by atoms with van der Waals surface area (Å²) >= 11 is 0. The third-order valence-corrected chi connectivity index (χ3v) is 4.21. The van der Waals surface area contributed by atoms with Crippen molar-refractivity contribution in [2.45, 2.75) is 6.42 Å². The highest BCUT2D eigenvalue weighted by Gasteiger charge is 2.11. The van der Waals surface area contributed by atoms with Crippen LogP contribution in [0.1, 0.15) is 26.7 Å². The lowest BCUT2D eigenvalue weighted by Gasteiger charge is -2.07. The Bertz CT molecular complexity index is 1080. The zero-order valence-corrected chi connectivity index (χ0v) is 14.9. The number of furan rings is 1. The van der Waals surface area contributed by atoms with Crippen molar-refractivity contribution in [2.24, 2.45) is 0 Å². The predicted octanol–water partition coefficient (Wildman–Crippen LogP) is 3.38. The normalized spacial score (nSPS) is 10.7. The lowest BCUT2D eigenvalue weighted by molar-refractivity contribution is 0.0952. The minimum absolute atomic E-state index is 0.209. The maximum absolute atomic E-state index is 12.4. The van der Waals surface area contributed by atoms with Gasteiger partial charge in [-0.15, -0.1) is 0 Å². The number of H-pyrrole nitrogens is 1. The molecule has 28 heavy (non-hydrogen) atoms. The average Bonchev–Trinajstić information content (AvgIpc) is 3.37. The van der Waals surface area contributed by atoms with E-state index in [0.717, 1.165) is 16.9 Å². The Kier molecular flexibility index (Phi) is 4.88. The zero-order chi connectivity index (χ0) is 19.3. The Morgan fingerprint density at radius 3 is 2.71 bits per heavy atom. The fourth-order valence-corrected chi connectivity index (χ4v) is 2.86. The molecular weight excluding hydrogens is 356 g/mol. The molecule has 0 aliphatic heterocycles. The maximum atomic E-state index is 12.4. The summed E-state index contributed by atoms with van der Waals surface area (Å²) in [4.78, 5) is 32.2. The molecule has 2 amide bonds. The van der Waals surface area contributed by atoms with Gasteiger partial charge < -0.3 is 20.0 Å². The van der Waals surface area contributed by atoms with Gasteiger partial charge in [-0.25, -0.2) is 4.98 Å². The molecule has 0 saturated carbocycles. The van der Waals surface area contributed by atoms with Crippen LogP contribution in [0.4, 0.5) is 5.69 Å². The Morgan fingerprint density at radius 2 is 1.89 bits per heavy atom. The number of fused-ring (bicyclic) bond motifs is 1. The number of benzene rings is 2. The molecule has 4 aromatic rings. The van der Waals surface area contributed by atoms with Crippen LogP contribution >= 0.6 is 0 Å². The standard InChI is InChI=1S/C21H18N4O3/c26-20(22-11-10-19-24-16-7-1-2-8-17(16)25-19)14-5-3-6-15(13-14)23-21(27)18-9-4-12-28-18/h1-9,12-13H,10-11H2,(H,22,26)(H,23,27)(H,24,25). The zero-order valence-electron chi connectivity index (χ0n) is 14.9. The van der Waals surface area contributed by atoms with Crippen LogP contribution in [0.25, 0.3) is 11.0 Å². The van der Waals surface area contributed by atoms with E-state index in [1.165, 1.54) is 6.26 Å². The second-order valence-corrected chi connectivity index (χ2v) is 6.22. The van der Waals surface area contributed by atoms with Crippen LogP contribution in [0.15, 0.2) is 71.3 Å². The van der Waals surface area contributed by atoms with E-state index in [9.17, 15) is 9.59 Å². The van der Waals surface area contributed by atoms with Crippen LogP contribution in [0.3, 0.4) is 0 Å². The number of nitrogens with zero attached hydrogens (tertiary/aromatic N) is 1. The van der Waals surface area contributed by atoms with Crippen LogP contribution in [0.2, 0.25) is 0 Å². The van der Waals surface area contributed by atoms with E-state index in [-0.39, 0.29) is 17.6 Å². The lowest BCUT2D eigenvalue weighted by atomic mass is 10.2. The molecule has 0 unspecified atom stereocenters. The number of imidazole rings is 1. The lowest BCUT2D eigenvalue weighted by Crippen LogP contribution is -2.26. The van der Waals surface area contributed by atoms with Crippen molar-refractivity contribution in [3.63, 3.8) is 0 Å². The number of aromatic amines is 1. The molecule has 4 rings (SSSR count). The van der Waals surface area contributed by atoms with Crippen molar-refractivity contribution in [1.82, 2.24) is 15.3 Å². The van der Waals surface area contributed by atoms with E-state index in [1.807, 2.05) is 24.3 Å². The van der Waals surface area contributed by atoms with Gasteiger partial charge in [-0.05, 0) is 42.5 Å².